The molecule has 1 fully saturated rings. The predicted molar refractivity (Wildman–Crippen MR) is 78.0 cm³/mol. The van der Waals surface area contributed by atoms with Crippen molar-refractivity contribution >= 4 is 5.91 Å². The fourth-order valence-corrected chi connectivity index (χ4v) is 2.45. The van der Waals surface area contributed by atoms with Crippen molar-refractivity contribution in [3.63, 3.8) is 0 Å². The van der Waals surface area contributed by atoms with Gasteiger partial charge in [-0.25, -0.2) is 9.97 Å². The molecule has 1 saturated heterocycles. The van der Waals surface area contributed by atoms with Crippen LogP contribution in [0.2, 0.25) is 0 Å². The molecule has 0 saturated carbocycles. The molecule has 0 bridgehead atoms. The van der Waals surface area contributed by atoms with E-state index in [4.69, 9.17) is 4.74 Å². The number of nitrogens with zero attached hydrogens (tertiary/aromatic N) is 5. The summed E-state index contributed by atoms with van der Waals surface area (Å²) in [6, 6.07) is 3.58. The standard InChI is InChI=1S/C15H17N5O2/c21-15(12-3-6-18-19-9-12)20-7-8-22-14(10-20)2-1-13-4-5-16-11-17-13/h3-6,9,11,14H,1-2,7-8,10H2/t14-/m0/s1. The molecule has 0 N–H and O–H groups in total. The summed E-state index contributed by atoms with van der Waals surface area (Å²) >= 11 is 0. The minimum Gasteiger partial charge on any atom is -0.375 e. The second kappa shape index (κ2) is 7.04. The highest BCUT2D eigenvalue weighted by molar-refractivity contribution is 5.93. The summed E-state index contributed by atoms with van der Waals surface area (Å²) in [7, 11) is 0. The lowest BCUT2D eigenvalue weighted by Gasteiger charge is -2.33. The fraction of sp³-hybridized carbons (Fsp3) is 0.400. The van der Waals surface area contributed by atoms with Gasteiger partial charge in [0.1, 0.15) is 6.33 Å². The van der Waals surface area contributed by atoms with Crippen LogP contribution in [-0.2, 0) is 11.2 Å². The lowest BCUT2D eigenvalue weighted by molar-refractivity contribution is -0.0247. The third-order valence-corrected chi connectivity index (χ3v) is 3.62. The Hall–Kier alpha value is -2.41. The number of aromatic nitrogens is 4. The summed E-state index contributed by atoms with van der Waals surface area (Å²) in [5, 5.41) is 7.45. The Morgan fingerprint density at radius 1 is 1.32 bits per heavy atom. The van der Waals surface area contributed by atoms with Gasteiger partial charge in [0.25, 0.3) is 5.91 Å². The van der Waals surface area contributed by atoms with Crippen molar-refractivity contribution in [2.45, 2.75) is 18.9 Å². The number of amides is 1. The van der Waals surface area contributed by atoms with Gasteiger partial charge in [-0.05, 0) is 25.0 Å². The molecule has 0 radical (unpaired) electrons. The molecule has 0 spiro atoms. The molecule has 7 nitrogen and oxygen atoms in total. The summed E-state index contributed by atoms with van der Waals surface area (Å²) in [5.41, 5.74) is 1.55. The third kappa shape index (κ3) is 3.62. The van der Waals surface area contributed by atoms with E-state index in [1.807, 2.05) is 11.0 Å². The van der Waals surface area contributed by atoms with Gasteiger partial charge in [0.2, 0.25) is 0 Å². The smallest absolute Gasteiger partial charge is 0.255 e. The average Bonchev–Trinajstić information content (AvgIpc) is 2.61. The Kier molecular flexibility index (Phi) is 4.65. The number of carbonyl (C=O) groups excluding carboxylic acids is 1. The minimum atomic E-state index is -0.0229. The first kappa shape index (κ1) is 14.5. The van der Waals surface area contributed by atoms with Crippen molar-refractivity contribution in [2.24, 2.45) is 0 Å². The van der Waals surface area contributed by atoms with Gasteiger partial charge in [-0.2, -0.15) is 10.2 Å². The molecular weight excluding hydrogens is 282 g/mol. The fourth-order valence-electron chi connectivity index (χ4n) is 2.45. The molecule has 2 aromatic rings. The maximum absolute atomic E-state index is 12.4. The average molecular weight is 299 g/mol. The highest BCUT2D eigenvalue weighted by Gasteiger charge is 2.25. The molecule has 114 valence electrons. The maximum Gasteiger partial charge on any atom is 0.255 e. The van der Waals surface area contributed by atoms with Gasteiger partial charge >= 0.3 is 0 Å². The number of carbonyl (C=O) groups is 1. The zero-order chi connectivity index (χ0) is 15.2. The monoisotopic (exact) mass is 299 g/mol. The maximum atomic E-state index is 12.4. The van der Waals surface area contributed by atoms with E-state index in [-0.39, 0.29) is 12.0 Å². The number of ether oxygens (including phenoxy) is 1. The van der Waals surface area contributed by atoms with Crippen LogP contribution < -0.4 is 0 Å². The molecule has 3 rings (SSSR count). The molecule has 1 aliphatic heterocycles. The summed E-state index contributed by atoms with van der Waals surface area (Å²) in [4.78, 5) is 22.3. The predicted octanol–water partition coefficient (Wildman–Crippen LogP) is 0.740. The molecular formula is C15H17N5O2. The van der Waals surface area contributed by atoms with Gasteiger partial charge in [-0.3, -0.25) is 4.79 Å². The van der Waals surface area contributed by atoms with E-state index in [1.54, 1.807) is 18.6 Å². The minimum absolute atomic E-state index is 0.0229. The second-order valence-corrected chi connectivity index (χ2v) is 5.11. The van der Waals surface area contributed by atoms with Crippen molar-refractivity contribution in [3.8, 4) is 0 Å². The highest BCUT2D eigenvalue weighted by Crippen LogP contribution is 2.13. The van der Waals surface area contributed by atoms with E-state index in [0.29, 0.717) is 25.3 Å². The quantitative estimate of drug-likeness (QED) is 0.828. The topological polar surface area (TPSA) is 81.1 Å². The highest BCUT2D eigenvalue weighted by atomic mass is 16.5. The first-order valence-corrected chi connectivity index (χ1v) is 7.25. The van der Waals surface area contributed by atoms with Crippen LogP contribution in [0.5, 0.6) is 0 Å². The van der Waals surface area contributed by atoms with Gasteiger partial charge in [-0.15, -0.1) is 0 Å². The molecule has 1 atom stereocenters. The van der Waals surface area contributed by atoms with E-state index in [1.165, 1.54) is 12.4 Å². The number of morpholine rings is 1. The first-order chi connectivity index (χ1) is 10.8. The number of aryl methyl sites for hydroxylation is 1. The largest absolute Gasteiger partial charge is 0.375 e. The van der Waals surface area contributed by atoms with Crippen LogP contribution >= 0.6 is 0 Å². The van der Waals surface area contributed by atoms with Crippen molar-refractivity contribution < 1.29 is 9.53 Å². The molecule has 3 heterocycles. The summed E-state index contributed by atoms with van der Waals surface area (Å²) in [5.74, 6) is -0.0229. The Morgan fingerprint density at radius 3 is 3.05 bits per heavy atom. The van der Waals surface area contributed by atoms with E-state index in [9.17, 15) is 4.79 Å². The number of rotatable bonds is 4. The van der Waals surface area contributed by atoms with Gasteiger partial charge in [-0.1, -0.05) is 0 Å². The van der Waals surface area contributed by atoms with E-state index in [0.717, 1.165) is 18.5 Å². The molecule has 0 aliphatic carbocycles. The van der Waals surface area contributed by atoms with E-state index in [2.05, 4.69) is 20.2 Å². The summed E-state index contributed by atoms with van der Waals surface area (Å²) in [6.45, 7) is 1.75. The van der Waals surface area contributed by atoms with Crippen LogP contribution in [0, 0.1) is 0 Å². The molecule has 1 aliphatic rings. The van der Waals surface area contributed by atoms with Crippen molar-refractivity contribution in [2.75, 3.05) is 19.7 Å². The zero-order valence-electron chi connectivity index (χ0n) is 12.1. The molecule has 2 aromatic heterocycles. The molecule has 22 heavy (non-hydrogen) atoms. The molecule has 1 amide bonds. The summed E-state index contributed by atoms with van der Waals surface area (Å²) < 4.78 is 5.75. The van der Waals surface area contributed by atoms with Crippen LogP contribution in [0.4, 0.5) is 0 Å². The Labute approximate surface area is 128 Å². The zero-order valence-corrected chi connectivity index (χ0v) is 12.1. The van der Waals surface area contributed by atoms with Crippen LogP contribution in [0.3, 0.4) is 0 Å². The molecule has 0 aromatic carbocycles. The van der Waals surface area contributed by atoms with Crippen LogP contribution in [0.15, 0.2) is 37.1 Å². The lowest BCUT2D eigenvalue weighted by Crippen LogP contribution is -2.45. The lowest BCUT2D eigenvalue weighted by atomic mass is 10.1. The number of hydrogen-bond donors (Lipinski definition) is 0. The van der Waals surface area contributed by atoms with Crippen LogP contribution in [-0.4, -0.2) is 56.8 Å². The normalized spacial score (nSPS) is 18.2. The Morgan fingerprint density at radius 2 is 2.27 bits per heavy atom. The van der Waals surface area contributed by atoms with Gasteiger partial charge < -0.3 is 9.64 Å². The third-order valence-electron chi connectivity index (χ3n) is 3.62. The second-order valence-electron chi connectivity index (χ2n) is 5.11. The van der Waals surface area contributed by atoms with Crippen molar-refractivity contribution in [1.29, 1.82) is 0 Å². The van der Waals surface area contributed by atoms with Gasteiger partial charge in [0, 0.05) is 25.0 Å². The van der Waals surface area contributed by atoms with Crippen LogP contribution in [0.25, 0.3) is 0 Å². The molecule has 0 unspecified atom stereocenters. The van der Waals surface area contributed by atoms with Gasteiger partial charge in [0.05, 0.1) is 30.7 Å². The summed E-state index contributed by atoms with van der Waals surface area (Å²) in [6.07, 6.45) is 7.97. The van der Waals surface area contributed by atoms with E-state index >= 15 is 0 Å². The van der Waals surface area contributed by atoms with Crippen molar-refractivity contribution in [3.05, 3.63) is 48.3 Å². The van der Waals surface area contributed by atoms with Gasteiger partial charge in [0.15, 0.2) is 0 Å². The van der Waals surface area contributed by atoms with Crippen molar-refractivity contribution in [1.82, 2.24) is 25.1 Å². The first-order valence-electron chi connectivity index (χ1n) is 7.25. The number of hydrogen-bond acceptors (Lipinski definition) is 6. The molecule has 7 heteroatoms. The SMILES string of the molecule is O=C(c1ccnnc1)N1CCO[C@@H](CCc2ccncn2)C1. The Balaban J connectivity index is 1.56. The van der Waals surface area contributed by atoms with E-state index < -0.39 is 0 Å². The van der Waals surface area contributed by atoms with Crippen LogP contribution in [0.1, 0.15) is 22.5 Å². The Bertz CT molecular complexity index is 608.